The minimum absolute atomic E-state index is 0.0667. The lowest BCUT2D eigenvalue weighted by Gasteiger charge is -2.08. The number of hydrogen-bond donors (Lipinski definition) is 1. The Balaban J connectivity index is 3.38. The van der Waals surface area contributed by atoms with Crippen molar-refractivity contribution in [3.05, 3.63) is 28.6 Å². The topological polar surface area (TPSA) is 62.7 Å². The molecule has 74 valence electrons. The van der Waals surface area contributed by atoms with Crippen LogP contribution in [0.25, 0.3) is 0 Å². The Bertz CT molecular complexity index is 382. The average molecular weight is 197 g/mol. The van der Waals surface area contributed by atoms with Crippen molar-refractivity contribution in [1.29, 1.82) is 5.26 Å². The van der Waals surface area contributed by atoms with Crippen LogP contribution in [-0.4, -0.2) is 4.98 Å². The Morgan fingerprint density at radius 1 is 1.64 bits per heavy atom. The zero-order valence-electron chi connectivity index (χ0n) is 7.59. The minimum atomic E-state index is -2.73. The first-order valence-corrected chi connectivity index (χ1v) is 3.98. The summed E-state index contributed by atoms with van der Waals surface area (Å²) >= 11 is 0. The van der Waals surface area contributed by atoms with E-state index in [2.05, 4.69) is 4.98 Å². The maximum Gasteiger partial charge on any atom is 0.281 e. The van der Waals surface area contributed by atoms with Crippen molar-refractivity contribution in [2.24, 2.45) is 5.73 Å². The molecule has 0 saturated carbocycles. The zero-order chi connectivity index (χ0) is 10.7. The monoisotopic (exact) mass is 197 g/mol. The average Bonchev–Trinajstić information content (AvgIpc) is 2.17. The van der Waals surface area contributed by atoms with Gasteiger partial charge in [-0.1, -0.05) is 0 Å². The molecule has 0 unspecified atom stereocenters. The van der Waals surface area contributed by atoms with Crippen LogP contribution in [0.2, 0.25) is 0 Å². The van der Waals surface area contributed by atoms with Crippen molar-refractivity contribution in [2.75, 3.05) is 0 Å². The normalized spacial score (nSPS) is 10.3. The summed E-state index contributed by atoms with van der Waals surface area (Å²) in [6, 6.07) is 1.72. The third kappa shape index (κ3) is 1.70. The van der Waals surface area contributed by atoms with E-state index in [9.17, 15) is 8.78 Å². The summed E-state index contributed by atoms with van der Waals surface area (Å²) in [6.45, 7) is 1.78. The molecule has 1 aromatic heterocycles. The van der Waals surface area contributed by atoms with Crippen LogP contribution in [0, 0.1) is 18.3 Å². The lowest BCUT2D eigenvalue weighted by Crippen LogP contribution is -2.06. The molecule has 0 fully saturated rings. The number of alkyl halides is 2. The van der Waals surface area contributed by atoms with Crippen LogP contribution in [0.4, 0.5) is 8.78 Å². The minimum Gasteiger partial charge on any atom is -0.326 e. The van der Waals surface area contributed by atoms with Crippen molar-refractivity contribution in [3.8, 4) is 6.07 Å². The van der Waals surface area contributed by atoms with Gasteiger partial charge < -0.3 is 5.73 Å². The van der Waals surface area contributed by atoms with E-state index in [0.717, 1.165) is 0 Å². The zero-order valence-corrected chi connectivity index (χ0v) is 7.59. The molecule has 14 heavy (non-hydrogen) atoms. The molecule has 1 heterocycles. The standard InChI is InChI=1S/C9H9F2N3/c1-5-6(2-12)4-14-8(9(10)11)7(5)3-13/h4,9H,2,12H2,1H3. The number of nitrogens with two attached hydrogens (primary N) is 1. The predicted octanol–water partition coefficient (Wildman–Crippen LogP) is 1.66. The van der Waals surface area contributed by atoms with Crippen LogP contribution in [-0.2, 0) is 6.54 Å². The van der Waals surface area contributed by atoms with Crippen LogP contribution in [0.5, 0.6) is 0 Å². The molecule has 3 nitrogen and oxygen atoms in total. The molecule has 0 saturated heterocycles. The highest BCUT2D eigenvalue weighted by atomic mass is 19.3. The van der Waals surface area contributed by atoms with Gasteiger partial charge in [0, 0.05) is 12.7 Å². The van der Waals surface area contributed by atoms with E-state index >= 15 is 0 Å². The SMILES string of the molecule is Cc1c(CN)cnc(C(F)F)c1C#N. The Labute approximate surface area is 80.2 Å². The largest absolute Gasteiger partial charge is 0.326 e. The molecule has 0 aliphatic heterocycles. The van der Waals surface area contributed by atoms with Crippen LogP contribution in [0.1, 0.15) is 28.8 Å². The molecule has 1 aromatic rings. The number of nitrogens with zero attached hydrogens (tertiary/aromatic N) is 2. The van der Waals surface area contributed by atoms with E-state index in [1.54, 1.807) is 13.0 Å². The molecule has 0 amide bonds. The Hall–Kier alpha value is -1.54. The van der Waals surface area contributed by atoms with Gasteiger partial charge >= 0.3 is 0 Å². The molecular weight excluding hydrogens is 188 g/mol. The van der Waals surface area contributed by atoms with E-state index in [-0.39, 0.29) is 12.1 Å². The lowest BCUT2D eigenvalue weighted by molar-refractivity contribution is 0.145. The first-order valence-electron chi connectivity index (χ1n) is 3.98. The second kappa shape index (κ2) is 4.11. The molecule has 0 atom stereocenters. The molecule has 0 aliphatic carbocycles. The molecule has 0 aromatic carbocycles. The van der Waals surface area contributed by atoms with Crippen LogP contribution >= 0.6 is 0 Å². The maximum absolute atomic E-state index is 12.4. The van der Waals surface area contributed by atoms with Gasteiger partial charge in [-0.15, -0.1) is 0 Å². The summed E-state index contributed by atoms with van der Waals surface area (Å²) in [5.41, 5.74) is 5.93. The number of pyridine rings is 1. The second-order valence-electron chi connectivity index (χ2n) is 2.79. The molecule has 0 bridgehead atoms. The van der Waals surface area contributed by atoms with Gasteiger partial charge in [0.25, 0.3) is 6.43 Å². The third-order valence-electron chi connectivity index (χ3n) is 2.01. The third-order valence-corrected chi connectivity index (χ3v) is 2.01. The van der Waals surface area contributed by atoms with Gasteiger partial charge in [-0.3, -0.25) is 4.98 Å². The summed E-state index contributed by atoms with van der Waals surface area (Å²) in [5.74, 6) is 0. The van der Waals surface area contributed by atoms with Crippen molar-refractivity contribution < 1.29 is 8.78 Å². The maximum atomic E-state index is 12.4. The number of aromatic nitrogens is 1. The summed E-state index contributed by atoms with van der Waals surface area (Å²) in [5, 5.41) is 8.70. The summed E-state index contributed by atoms with van der Waals surface area (Å²) in [6.07, 6.45) is -1.44. The second-order valence-corrected chi connectivity index (χ2v) is 2.79. The molecule has 0 spiro atoms. The van der Waals surface area contributed by atoms with Crippen molar-refractivity contribution >= 4 is 0 Å². The Morgan fingerprint density at radius 2 is 2.29 bits per heavy atom. The van der Waals surface area contributed by atoms with Gasteiger partial charge in [-0.2, -0.15) is 5.26 Å². The molecule has 5 heteroatoms. The molecular formula is C9H9F2N3. The van der Waals surface area contributed by atoms with Gasteiger partial charge in [0.2, 0.25) is 0 Å². The van der Waals surface area contributed by atoms with Gasteiger partial charge in [-0.05, 0) is 18.1 Å². The summed E-state index contributed by atoms with van der Waals surface area (Å²) in [4.78, 5) is 3.53. The molecule has 1 rings (SSSR count). The fraction of sp³-hybridized carbons (Fsp3) is 0.333. The van der Waals surface area contributed by atoms with E-state index < -0.39 is 12.1 Å². The molecule has 0 aliphatic rings. The van der Waals surface area contributed by atoms with Crippen molar-refractivity contribution in [2.45, 2.75) is 19.9 Å². The number of rotatable bonds is 2. The highest BCUT2D eigenvalue weighted by Gasteiger charge is 2.17. The van der Waals surface area contributed by atoms with E-state index in [1.165, 1.54) is 6.20 Å². The number of nitriles is 1. The first kappa shape index (κ1) is 10.5. The molecule has 0 radical (unpaired) electrons. The van der Waals surface area contributed by atoms with Crippen molar-refractivity contribution in [1.82, 2.24) is 4.98 Å². The highest BCUT2D eigenvalue weighted by Crippen LogP contribution is 2.24. The van der Waals surface area contributed by atoms with Gasteiger partial charge in [0.05, 0.1) is 5.56 Å². The molecule has 2 N–H and O–H groups in total. The van der Waals surface area contributed by atoms with E-state index in [0.29, 0.717) is 11.1 Å². The Morgan fingerprint density at radius 3 is 2.71 bits per heavy atom. The van der Waals surface area contributed by atoms with Crippen molar-refractivity contribution in [3.63, 3.8) is 0 Å². The van der Waals surface area contributed by atoms with Crippen LogP contribution in [0.3, 0.4) is 0 Å². The van der Waals surface area contributed by atoms with Crippen LogP contribution in [0.15, 0.2) is 6.20 Å². The van der Waals surface area contributed by atoms with Crippen LogP contribution < -0.4 is 5.73 Å². The highest BCUT2D eigenvalue weighted by molar-refractivity contribution is 5.44. The summed E-state index contributed by atoms with van der Waals surface area (Å²) < 4.78 is 24.8. The number of hydrogen-bond acceptors (Lipinski definition) is 3. The van der Waals surface area contributed by atoms with E-state index in [4.69, 9.17) is 11.0 Å². The van der Waals surface area contributed by atoms with Gasteiger partial charge in [0.1, 0.15) is 11.8 Å². The fourth-order valence-corrected chi connectivity index (χ4v) is 1.17. The van der Waals surface area contributed by atoms with E-state index in [1.807, 2.05) is 0 Å². The number of halogens is 2. The Kier molecular flexibility index (Phi) is 3.10. The lowest BCUT2D eigenvalue weighted by atomic mass is 10.0. The fourth-order valence-electron chi connectivity index (χ4n) is 1.17. The van der Waals surface area contributed by atoms with Gasteiger partial charge in [-0.25, -0.2) is 8.78 Å². The smallest absolute Gasteiger partial charge is 0.281 e. The van der Waals surface area contributed by atoms with Gasteiger partial charge in [0.15, 0.2) is 0 Å². The first-order chi connectivity index (χ1) is 6.61. The predicted molar refractivity (Wildman–Crippen MR) is 46.5 cm³/mol. The summed E-state index contributed by atoms with van der Waals surface area (Å²) in [7, 11) is 0. The quantitative estimate of drug-likeness (QED) is 0.784.